The Hall–Kier alpha value is -2.99. The van der Waals surface area contributed by atoms with Crippen LogP contribution >= 0.6 is 11.3 Å². The summed E-state index contributed by atoms with van der Waals surface area (Å²) in [6.07, 6.45) is 4.82. The number of pyridine rings is 1. The number of carbonyl (C=O) groups is 1. The van der Waals surface area contributed by atoms with E-state index in [9.17, 15) is 4.79 Å². The molecule has 0 bridgehead atoms. The Kier molecular flexibility index (Phi) is 4.75. The van der Waals surface area contributed by atoms with E-state index in [0.29, 0.717) is 19.4 Å². The first-order valence-corrected chi connectivity index (χ1v) is 9.35. The molecule has 0 saturated carbocycles. The largest absolute Gasteiger partial charge is 0.355 e. The zero-order chi connectivity index (χ0) is 17.8. The predicted molar refractivity (Wildman–Crippen MR) is 103 cm³/mol. The Labute approximate surface area is 155 Å². The first-order valence-electron chi connectivity index (χ1n) is 8.47. The molecule has 3 heterocycles. The highest BCUT2D eigenvalue weighted by atomic mass is 32.1. The van der Waals surface area contributed by atoms with E-state index in [1.54, 1.807) is 11.3 Å². The van der Waals surface area contributed by atoms with E-state index in [2.05, 4.69) is 15.3 Å². The molecule has 5 nitrogen and oxygen atoms in total. The first kappa shape index (κ1) is 16.5. The second-order valence-electron chi connectivity index (χ2n) is 5.96. The van der Waals surface area contributed by atoms with Gasteiger partial charge in [0.1, 0.15) is 10.8 Å². The van der Waals surface area contributed by atoms with Crippen molar-refractivity contribution in [3.05, 3.63) is 77.8 Å². The molecule has 0 saturated heterocycles. The Balaban J connectivity index is 1.31. The standard InChI is InChI=1S/C20H18N4OS/c25-19(12-16-14-26-20(23-16)15-6-2-1-3-7-15)21-10-9-18-22-13-17-8-4-5-11-24(17)18/h1-8,11,13-14H,9-10,12H2,(H,21,25). The summed E-state index contributed by atoms with van der Waals surface area (Å²) in [5.41, 5.74) is 2.94. The second-order valence-corrected chi connectivity index (χ2v) is 6.81. The number of nitrogens with one attached hydrogen (secondary N) is 1. The lowest BCUT2D eigenvalue weighted by Gasteiger charge is -2.04. The number of hydrogen-bond acceptors (Lipinski definition) is 4. The first-order chi connectivity index (χ1) is 12.8. The third-order valence-corrected chi connectivity index (χ3v) is 5.04. The summed E-state index contributed by atoms with van der Waals surface area (Å²) in [5.74, 6) is 0.927. The maximum absolute atomic E-state index is 12.2. The lowest BCUT2D eigenvalue weighted by Crippen LogP contribution is -2.27. The number of rotatable bonds is 6. The van der Waals surface area contributed by atoms with Crippen LogP contribution in [-0.2, 0) is 17.6 Å². The molecule has 0 fully saturated rings. The van der Waals surface area contributed by atoms with Gasteiger partial charge in [-0.2, -0.15) is 0 Å². The van der Waals surface area contributed by atoms with E-state index in [-0.39, 0.29) is 5.91 Å². The van der Waals surface area contributed by atoms with Crippen molar-refractivity contribution >= 4 is 22.8 Å². The maximum atomic E-state index is 12.2. The van der Waals surface area contributed by atoms with Crippen LogP contribution in [0.3, 0.4) is 0 Å². The molecule has 0 aliphatic rings. The van der Waals surface area contributed by atoms with Crippen LogP contribution in [0.25, 0.3) is 16.1 Å². The lowest BCUT2D eigenvalue weighted by atomic mass is 10.2. The van der Waals surface area contributed by atoms with Gasteiger partial charge in [0.25, 0.3) is 0 Å². The summed E-state index contributed by atoms with van der Waals surface area (Å²) in [6, 6.07) is 16.0. The molecular weight excluding hydrogens is 344 g/mol. The molecule has 4 aromatic rings. The Morgan fingerprint density at radius 2 is 1.96 bits per heavy atom. The molecule has 0 radical (unpaired) electrons. The van der Waals surface area contributed by atoms with Crippen LogP contribution in [0.1, 0.15) is 11.5 Å². The van der Waals surface area contributed by atoms with E-state index < -0.39 is 0 Å². The summed E-state index contributed by atoms with van der Waals surface area (Å²) >= 11 is 1.56. The molecule has 130 valence electrons. The quantitative estimate of drug-likeness (QED) is 0.572. The van der Waals surface area contributed by atoms with Gasteiger partial charge in [0, 0.05) is 30.1 Å². The molecule has 0 atom stereocenters. The van der Waals surface area contributed by atoms with Crippen molar-refractivity contribution in [3.63, 3.8) is 0 Å². The molecular formula is C20H18N4OS. The molecule has 26 heavy (non-hydrogen) atoms. The van der Waals surface area contributed by atoms with Crippen LogP contribution in [0.4, 0.5) is 0 Å². The molecule has 0 spiro atoms. The lowest BCUT2D eigenvalue weighted by molar-refractivity contribution is -0.120. The number of carbonyl (C=O) groups excluding carboxylic acids is 1. The average molecular weight is 362 g/mol. The molecule has 1 N–H and O–H groups in total. The van der Waals surface area contributed by atoms with E-state index in [1.807, 2.05) is 70.7 Å². The SMILES string of the molecule is O=C(Cc1csc(-c2ccccc2)n1)NCCc1ncc2ccccn12. The summed E-state index contributed by atoms with van der Waals surface area (Å²) in [7, 11) is 0. The van der Waals surface area contributed by atoms with Crippen LogP contribution in [0, 0.1) is 0 Å². The van der Waals surface area contributed by atoms with Crippen molar-refractivity contribution < 1.29 is 4.79 Å². The highest BCUT2D eigenvalue weighted by Gasteiger charge is 2.09. The molecule has 3 aromatic heterocycles. The third-order valence-electron chi connectivity index (χ3n) is 4.10. The van der Waals surface area contributed by atoms with Gasteiger partial charge in [-0.25, -0.2) is 9.97 Å². The van der Waals surface area contributed by atoms with Crippen molar-refractivity contribution in [3.8, 4) is 10.6 Å². The minimum Gasteiger partial charge on any atom is -0.355 e. The van der Waals surface area contributed by atoms with Gasteiger partial charge in [0.2, 0.25) is 5.91 Å². The van der Waals surface area contributed by atoms with E-state index in [1.165, 1.54) is 0 Å². The number of amides is 1. The minimum absolute atomic E-state index is 0.0178. The van der Waals surface area contributed by atoms with Gasteiger partial charge < -0.3 is 9.72 Å². The smallest absolute Gasteiger partial charge is 0.226 e. The number of imidazole rings is 1. The zero-order valence-corrected chi connectivity index (χ0v) is 14.9. The van der Waals surface area contributed by atoms with E-state index in [4.69, 9.17) is 0 Å². The minimum atomic E-state index is -0.0178. The number of nitrogens with zero attached hydrogens (tertiary/aromatic N) is 3. The fourth-order valence-electron chi connectivity index (χ4n) is 2.83. The van der Waals surface area contributed by atoms with Crippen molar-refractivity contribution in [2.45, 2.75) is 12.8 Å². The summed E-state index contributed by atoms with van der Waals surface area (Å²) in [4.78, 5) is 21.2. The molecule has 1 amide bonds. The Bertz CT molecular complexity index is 1020. The highest BCUT2D eigenvalue weighted by molar-refractivity contribution is 7.13. The number of thiazole rings is 1. The summed E-state index contributed by atoms with van der Waals surface area (Å²) < 4.78 is 2.04. The van der Waals surface area contributed by atoms with E-state index >= 15 is 0 Å². The summed E-state index contributed by atoms with van der Waals surface area (Å²) in [5, 5.41) is 5.85. The van der Waals surface area contributed by atoms with Crippen LogP contribution < -0.4 is 5.32 Å². The predicted octanol–water partition coefficient (Wildman–Crippen LogP) is 3.36. The van der Waals surface area contributed by atoms with Gasteiger partial charge in [0.05, 0.1) is 23.8 Å². The van der Waals surface area contributed by atoms with Crippen LogP contribution in [0.15, 0.2) is 66.3 Å². The number of hydrogen-bond donors (Lipinski definition) is 1. The Morgan fingerprint density at radius 3 is 2.85 bits per heavy atom. The van der Waals surface area contributed by atoms with Gasteiger partial charge in [0.15, 0.2) is 0 Å². The van der Waals surface area contributed by atoms with Crippen molar-refractivity contribution in [1.82, 2.24) is 19.7 Å². The van der Waals surface area contributed by atoms with Gasteiger partial charge in [-0.3, -0.25) is 4.79 Å². The Morgan fingerprint density at radius 1 is 1.12 bits per heavy atom. The molecule has 0 unspecified atom stereocenters. The molecule has 4 rings (SSSR count). The molecule has 0 aliphatic heterocycles. The number of benzene rings is 1. The normalized spacial score (nSPS) is 10.9. The van der Waals surface area contributed by atoms with Gasteiger partial charge in [-0.15, -0.1) is 11.3 Å². The zero-order valence-electron chi connectivity index (χ0n) is 14.1. The molecule has 0 aliphatic carbocycles. The van der Waals surface area contributed by atoms with E-state index in [0.717, 1.165) is 27.6 Å². The van der Waals surface area contributed by atoms with Crippen molar-refractivity contribution in [2.75, 3.05) is 6.54 Å². The van der Waals surface area contributed by atoms with Crippen LogP contribution in [0.5, 0.6) is 0 Å². The van der Waals surface area contributed by atoms with Crippen molar-refractivity contribution in [1.29, 1.82) is 0 Å². The van der Waals surface area contributed by atoms with Crippen LogP contribution in [0.2, 0.25) is 0 Å². The highest BCUT2D eigenvalue weighted by Crippen LogP contribution is 2.23. The van der Waals surface area contributed by atoms with Gasteiger partial charge in [-0.05, 0) is 12.1 Å². The van der Waals surface area contributed by atoms with Crippen molar-refractivity contribution in [2.24, 2.45) is 0 Å². The number of aromatic nitrogens is 3. The monoisotopic (exact) mass is 362 g/mol. The maximum Gasteiger partial charge on any atom is 0.226 e. The van der Waals surface area contributed by atoms with Gasteiger partial charge >= 0.3 is 0 Å². The molecule has 1 aromatic carbocycles. The molecule has 6 heteroatoms. The fourth-order valence-corrected chi connectivity index (χ4v) is 3.65. The topological polar surface area (TPSA) is 59.3 Å². The second kappa shape index (κ2) is 7.49. The average Bonchev–Trinajstić information content (AvgIpc) is 3.30. The summed E-state index contributed by atoms with van der Waals surface area (Å²) in [6.45, 7) is 0.558. The van der Waals surface area contributed by atoms with Gasteiger partial charge in [-0.1, -0.05) is 36.4 Å². The van der Waals surface area contributed by atoms with Crippen LogP contribution in [-0.4, -0.2) is 26.8 Å². The third kappa shape index (κ3) is 3.65. The fraction of sp³-hybridized carbons (Fsp3) is 0.150. The number of fused-ring (bicyclic) bond motifs is 1.